The van der Waals surface area contributed by atoms with Gasteiger partial charge in [0.1, 0.15) is 5.75 Å². The lowest BCUT2D eigenvalue weighted by atomic mass is 10.1. The summed E-state index contributed by atoms with van der Waals surface area (Å²) in [5.74, 6) is 0.00156. The summed E-state index contributed by atoms with van der Waals surface area (Å²) in [6.45, 7) is 9.43. The van der Waals surface area contributed by atoms with Crippen LogP contribution in [0.15, 0.2) is 12.1 Å². The van der Waals surface area contributed by atoms with Crippen LogP contribution >= 0.6 is 0 Å². The standard InChI is InChI=1S/C13H20O6S2/c1-9-7-10(2)12(11(3)8-9)18-20(14,15)21(16,17)19-13(4,5)6/h7-8H,1-6H3. The van der Waals surface area contributed by atoms with Crippen molar-refractivity contribution in [3.8, 4) is 5.75 Å². The first-order valence-electron chi connectivity index (χ1n) is 6.23. The summed E-state index contributed by atoms with van der Waals surface area (Å²) in [5, 5.41) is 0. The van der Waals surface area contributed by atoms with Gasteiger partial charge < -0.3 is 4.18 Å². The molecular weight excluding hydrogens is 316 g/mol. The van der Waals surface area contributed by atoms with E-state index in [0.717, 1.165) is 5.56 Å². The highest BCUT2D eigenvalue weighted by molar-refractivity contribution is 8.63. The van der Waals surface area contributed by atoms with E-state index >= 15 is 0 Å². The third kappa shape index (κ3) is 4.42. The van der Waals surface area contributed by atoms with Gasteiger partial charge in [-0.25, -0.2) is 4.18 Å². The summed E-state index contributed by atoms with van der Waals surface area (Å²) < 4.78 is 57.0. The molecule has 0 saturated heterocycles. The molecule has 0 atom stereocenters. The third-order valence-electron chi connectivity index (χ3n) is 2.39. The van der Waals surface area contributed by atoms with Gasteiger partial charge in [-0.15, -0.1) is 0 Å². The fourth-order valence-electron chi connectivity index (χ4n) is 1.79. The summed E-state index contributed by atoms with van der Waals surface area (Å²) in [7, 11) is -9.86. The first-order chi connectivity index (χ1) is 9.25. The first-order valence-corrected chi connectivity index (χ1v) is 9.56. The van der Waals surface area contributed by atoms with E-state index < -0.39 is 23.9 Å². The van der Waals surface area contributed by atoms with Gasteiger partial charge >= 0.3 is 18.3 Å². The van der Waals surface area contributed by atoms with Crippen LogP contribution in [0.5, 0.6) is 5.75 Å². The number of rotatable bonds is 4. The van der Waals surface area contributed by atoms with Crippen LogP contribution in [0.25, 0.3) is 0 Å². The van der Waals surface area contributed by atoms with Gasteiger partial charge in [0.25, 0.3) is 0 Å². The highest BCUT2D eigenvalue weighted by Gasteiger charge is 2.38. The minimum absolute atomic E-state index is 0.00156. The molecule has 0 aliphatic rings. The Morgan fingerprint density at radius 3 is 1.67 bits per heavy atom. The van der Waals surface area contributed by atoms with E-state index in [4.69, 9.17) is 4.18 Å². The fraction of sp³-hybridized carbons (Fsp3) is 0.538. The van der Waals surface area contributed by atoms with E-state index in [2.05, 4.69) is 4.18 Å². The van der Waals surface area contributed by atoms with Gasteiger partial charge in [-0.3, -0.25) is 0 Å². The Labute approximate surface area is 125 Å². The molecular formula is C13H20O6S2. The molecule has 0 heterocycles. The Bertz CT molecular complexity index is 716. The van der Waals surface area contributed by atoms with Crippen LogP contribution in [0, 0.1) is 20.8 Å². The van der Waals surface area contributed by atoms with Gasteiger partial charge in [0, 0.05) is 0 Å². The summed E-state index contributed by atoms with van der Waals surface area (Å²) >= 11 is 0. The molecule has 120 valence electrons. The van der Waals surface area contributed by atoms with Gasteiger partial charge in [-0.2, -0.15) is 16.8 Å². The molecule has 0 bridgehead atoms. The topological polar surface area (TPSA) is 86.7 Å². The molecule has 0 saturated carbocycles. The molecule has 0 aromatic heterocycles. The molecule has 1 aromatic rings. The highest BCUT2D eigenvalue weighted by atomic mass is 33.2. The Hall–Kier alpha value is -1.12. The van der Waals surface area contributed by atoms with Crippen LogP contribution in [0.3, 0.4) is 0 Å². The first kappa shape index (κ1) is 17.9. The lowest BCUT2D eigenvalue weighted by Crippen LogP contribution is -2.31. The third-order valence-corrected chi connectivity index (χ3v) is 5.88. The molecule has 1 aromatic carbocycles. The second-order valence-corrected chi connectivity index (χ2v) is 10.2. The van der Waals surface area contributed by atoms with Crippen LogP contribution in [-0.4, -0.2) is 22.4 Å². The molecule has 8 heteroatoms. The van der Waals surface area contributed by atoms with E-state index in [1.54, 1.807) is 26.0 Å². The molecule has 0 spiro atoms. The van der Waals surface area contributed by atoms with Crippen LogP contribution in [0.1, 0.15) is 37.5 Å². The quantitative estimate of drug-likeness (QED) is 0.785. The lowest BCUT2D eigenvalue weighted by Gasteiger charge is -2.19. The second kappa shape index (κ2) is 5.58. The minimum Gasteiger partial charge on any atom is -0.369 e. The Kier molecular flexibility index (Phi) is 4.77. The van der Waals surface area contributed by atoms with Gasteiger partial charge in [0.05, 0.1) is 5.60 Å². The van der Waals surface area contributed by atoms with Gasteiger partial charge in [0.15, 0.2) is 0 Å². The van der Waals surface area contributed by atoms with Crippen LogP contribution in [0.2, 0.25) is 0 Å². The lowest BCUT2D eigenvalue weighted by molar-refractivity contribution is 0.144. The Balaban J connectivity index is 3.24. The van der Waals surface area contributed by atoms with E-state index in [-0.39, 0.29) is 5.75 Å². The van der Waals surface area contributed by atoms with Crippen molar-refractivity contribution in [3.63, 3.8) is 0 Å². The summed E-state index contributed by atoms with van der Waals surface area (Å²) in [4.78, 5) is 0. The molecule has 0 amide bonds. The number of hydrogen-bond acceptors (Lipinski definition) is 6. The number of hydrogen-bond donors (Lipinski definition) is 0. The van der Waals surface area contributed by atoms with Crippen LogP contribution in [0.4, 0.5) is 0 Å². The zero-order valence-corrected chi connectivity index (χ0v) is 14.6. The molecule has 0 aliphatic heterocycles. The van der Waals surface area contributed by atoms with Crippen molar-refractivity contribution in [2.45, 2.75) is 47.1 Å². The Morgan fingerprint density at radius 1 is 0.857 bits per heavy atom. The summed E-state index contributed by atoms with van der Waals surface area (Å²) in [6, 6.07) is 3.41. The summed E-state index contributed by atoms with van der Waals surface area (Å²) in [5.41, 5.74) is 0.805. The van der Waals surface area contributed by atoms with E-state index in [1.807, 2.05) is 6.92 Å². The van der Waals surface area contributed by atoms with Crippen LogP contribution in [-0.2, 0) is 22.5 Å². The highest BCUT2D eigenvalue weighted by Crippen LogP contribution is 2.28. The molecule has 0 aliphatic carbocycles. The van der Waals surface area contributed by atoms with Crippen molar-refractivity contribution < 1.29 is 25.2 Å². The van der Waals surface area contributed by atoms with Crippen molar-refractivity contribution in [1.29, 1.82) is 0 Å². The molecule has 0 N–H and O–H groups in total. The second-order valence-electron chi connectivity index (χ2n) is 5.82. The SMILES string of the molecule is Cc1cc(C)c(OS(=O)(=O)S(=O)(=O)OC(C)(C)C)c(C)c1. The molecule has 0 radical (unpaired) electrons. The fourth-order valence-corrected chi connectivity index (χ4v) is 4.35. The average molecular weight is 336 g/mol. The van der Waals surface area contributed by atoms with Crippen molar-refractivity contribution >= 4 is 18.3 Å². The van der Waals surface area contributed by atoms with Crippen molar-refractivity contribution in [3.05, 3.63) is 28.8 Å². The predicted molar refractivity (Wildman–Crippen MR) is 80.0 cm³/mol. The zero-order valence-electron chi connectivity index (χ0n) is 12.9. The smallest absolute Gasteiger partial charge is 0.369 e. The molecule has 1 rings (SSSR count). The van der Waals surface area contributed by atoms with Crippen molar-refractivity contribution in [2.75, 3.05) is 0 Å². The van der Waals surface area contributed by atoms with E-state index in [9.17, 15) is 16.8 Å². The van der Waals surface area contributed by atoms with Crippen LogP contribution < -0.4 is 4.18 Å². The van der Waals surface area contributed by atoms with Crippen molar-refractivity contribution in [1.82, 2.24) is 0 Å². The van der Waals surface area contributed by atoms with Crippen molar-refractivity contribution in [2.24, 2.45) is 0 Å². The van der Waals surface area contributed by atoms with E-state index in [0.29, 0.717) is 11.1 Å². The van der Waals surface area contributed by atoms with Gasteiger partial charge in [-0.1, -0.05) is 17.7 Å². The number of benzene rings is 1. The average Bonchev–Trinajstić information content (AvgIpc) is 2.19. The largest absolute Gasteiger partial charge is 0.444 e. The maximum Gasteiger partial charge on any atom is 0.444 e. The zero-order chi connectivity index (χ0) is 16.6. The van der Waals surface area contributed by atoms with E-state index in [1.165, 1.54) is 20.8 Å². The Morgan fingerprint density at radius 2 is 1.29 bits per heavy atom. The number of aryl methyl sites for hydroxylation is 3. The molecule has 0 unspecified atom stereocenters. The minimum atomic E-state index is -4.95. The monoisotopic (exact) mass is 336 g/mol. The normalized spacial score (nSPS) is 13.2. The predicted octanol–water partition coefficient (Wildman–Crippen LogP) is 2.38. The molecule has 6 nitrogen and oxygen atoms in total. The molecule has 21 heavy (non-hydrogen) atoms. The van der Waals surface area contributed by atoms with Gasteiger partial charge in [0.2, 0.25) is 0 Å². The maximum atomic E-state index is 12.0. The molecule has 0 fully saturated rings. The maximum absolute atomic E-state index is 12.0. The van der Waals surface area contributed by atoms with Gasteiger partial charge in [-0.05, 0) is 52.7 Å². The summed E-state index contributed by atoms with van der Waals surface area (Å²) in [6.07, 6.45) is 0.